The SMILES string of the molecule is CCN(C[C@@]12CC[C@@H](c3cc(-c4c(F)cccc4F)nnc31)C2(C)C)C(=O)c1coc(N)n1. The van der Waals surface area contributed by atoms with Gasteiger partial charge in [0.15, 0.2) is 5.69 Å². The summed E-state index contributed by atoms with van der Waals surface area (Å²) in [6.45, 7) is 7.14. The Morgan fingerprint density at radius 2 is 2.00 bits per heavy atom. The molecule has 1 aromatic carbocycles. The number of aromatic nitrogens is 3. The summed E-state index contributed by atoms with van der Waals surface area (Å²) in [7, 11) is 0. The Balaban J connectivity index is 1.56. The predicted octanol–water partition coefficient (Wildman–Crippen LogP) is 4.31. The Kier molecular flexibility index (Phi) is 4.77. The molecule has 0 radical (unpaired) electrons. The smallest absolute Gasteiger partial charge is 0.292 e. The predicted molar refractivity (Wildman–Crippen MR) is 117 cm³/mol. The van der Waals surface area contributed by atoms with Crippen molar-refractivity contribution in [1.29, 1.82) is 0 Å². The van der Waals surface area contributed by atoms with Gasteiger partial charge < -0.3 is 15.1 Å². The highest BCUT2D eigenvalue weighted by atomic mass is 19.1. The highest BCUT2D eigenvalue weighted by Gasteiger charge is 2.64. The molecule has 33 heavy (non-hydrogen) atoms. The number of amides is 1. The fraction of sp³-hybridized carbons (Fsp3) is 0.417. The quantitative estimate of drug-likeness (QED) is 0.618. The topological polar surface area (TPSA) is 98.1 Å². The molecule has 2 atom stereocenters. The summed E-state index contributed by atoms with van der Waals surface area (Å²) < 4.78 is 33.8. The standard InChI is InChI=1S/C24H25F2N5O2/c1-4-31(21(32)18-11-33-22(27)28-18)12-24-9-8-14(23(24,2)3)13-10-17(29-30-20(13)24)19-15(25)6-5-7-16(19)26/h5-7,10-11,14H,4,8-9,12H2,1-3H3,(H2,27,28)/t14-,24-/m0/s1. The Hall–Kier alpha value is -3.36. The first-order chi connectivity index (χ1) is 15.7. The van der Waals surface area contributed by atoms with Crippen LogP contribution in [0.25, 0.3) is 11.3 Å². The summed E-state index contributed by atoms with van der Waals surface area (Å²) in [5.74, 6) is -1.46. The minimum atomic E-state index is -0.670. The molecule has 1 fully saturated rings. The minimum absolute atomic E-state index is 0.0567. The van der Waals surface area contributed by atoms with Crippen LogP contribution in [-0.4, -0.2) is 39.1 Å². The Morgan fingerprint density at radius 1 is 1.27 bits per heavy atom. The summed E-state index contributed by atoms with van der Waals surface area (Å²) in [6, 6.07) is 5.47. The molecule has 5 rings (SSSR count). The number of hydrogen-bond acceptors (Lipinski definition) is 6. The second kappa shape index (κ2) is 7.33. The molecule has 9 heteroatoms. The molecule has 2 aliphatic rings. The van der Waals surface area contributed by atoms with E-state index in [2.05, 4.69) is 29.0 Å². The van der Waals surface area contributed by atoms with Crippen molar-refractivity contribution in [2.24, 2.45) is 5.41 Å². The van der Waals surface area contributed by atoms with Crippen LogP contribution in [0, 0.1) is 17.0 Å². The highest BCUT2D eigenvalue weighted by Crippen LogP contribution is 2.67. The number of carbonyl (C=O) groups excluding carboxylic acids is 1. The third-order valence-corrected chi connectivity index (χ3v) is 7.71. The lowest BCUT2D eigenvalue weighted by Gasteiger charge is -2.41. The number of likely N-dealkylation sites (N-methyl/N-ethyl adjacent to an activating group) is 1. The zero-order chi connectivity index (χ0) is 23.5. The van der Waals surface area contributed by atoms with E-state index in [1.54, 1.807) is 11.0 Å². The van der Waals surface area contributed by atoms with Gasteiger partial charge >= 0.3 is 0 Å². The van der Waals surface area contributed by atoms with Crippen molar-refractivity contribution in [3.8, 4) is 11.3 Å². The number of carbonyl (C=O) groups is 1. The van der Waals surface area contributed by atoms with E-state index >= 15 is 0 Å². The third kappa shape index (κ3) is 2.98. The van der Waals surface area contributed by atoms with Crippen LogP contribution in [0.4, 0.5) is 14.8 Å². The third-order valence-electron chi connectivity index (χ3n) is 7.71. The summed E-state index contributed by atoms with van der Waals surface area (Å²) in [5, 5.41) is 8.75. The van der Waals surface area contributed by atoms with Crippen molar-refractivity contribution in [2.45, 2.75) is 44.9 Å². The number of hydrogen-bond donors (Lipinski definition) is 1. The van der Waals surface area contributed by atoms with Crippen molar-refractivity contribution in [3.05, 3.63) is 59.1 Å². The van der Waals surface area contributed by atoms with Gasteiger partial charge in [-0.1, -0.05) is 19.9 Å². The molecule has 0 unspecified atom stereocenters. The Bertz CT molecular complexity index is 1240. The Morgan fingerprint density at radius 3 is 2.64 bits per heavy atom. The molecular weight excluding hydrogens is 428 g/mol. The molecule has 0 spiro atoms. The number of halogens is 2. The molecule has 1 saturated carbocycles. The molecule has 1 amide bonds. The van der Waals surface area contributed by atoms with Gasteiger partial charge in [0.1, 0.15) is 17.9 Å². The fourth-order valence-corrected chi connectivity index (χ4v) is 5.84. The number of fused-ring (bicyclic) bond motifs is 5. The second-order valence-corrected chi connectivity index (χ2v) is 9.42. The lowest BCUT2D eigenvalue weighted by molar-refractivity contribution is 0.0646. The molecule has 2 bridgehead atoms. The molecule has 0 aliphatic heterocycles. The molecule has 172 valence electrons. The molecule has 2 aliphatic carbocycles. The number of nitrogens with two attached hydrogens (primary N) is 1. The zero-order valence-electron chi connectivity index (χ0n) is 18.7. The molecule has 7 nitrogen and oxygen atoms in total. The van der Waals surface area contributed by atoms with Gasteiger partial charge in [-0.2, -0.15) is 15.2 Å². The summed E-state index contributed by atoms with van der Waals surface area (Å²) in [4.78, 5) is 18.8. The number of nitrogens with zero attached hydrogens (tertiary/aromatic N) is 4. The highest BCUT2D eigenvalue weighted by molar-refractivity contribution is 5.92. The van der Waals surface area contributed by atoms with Gasteiger partial charge in [-0.05, 0) is 54.9 Å². The van der Waals surface area contributed by atoms with E-state index in [9.17, 15) is 13.6 Å². The van der Waals surface area contributed by atoms with Gasteiger partial charge in [0.2, 0.25) is 0 Å². The maximum atomic E-state index is 14.4. The number of benzene rings is 1. The van der Waals surface area contributed by atoms with Gasteiger partial charge in [0.05, 0.1) is 17.0 Å². The van der Waals surface area contributed by atoms with E-state index in [-0.39, 0.29) is 40.2 Å². The monoisotopic (exact) mass is 453 g/mol. The van der Waals surface area contributed by atoms with Crippen LogP contribution in [0.1, 0.15) is 61.3 Å². The maximum Gasteiger partial charge on any atom is 0.292 e. The zero-order valence-corrected chi connectivity index (χ0v) is 18.7. The van der Waals surface area contributed by atoms with Crippen molar-refractivity contribution in [3.63, 3.8) is 0 Å². The largest absolute Gasteiger partial charge is 0.431 e. The lowest BCUT2D eigenvalue weighted by Crippen LogP contribution is -2.48. The van der Waals surface area contributed by atoms with E-state index in [4.69, 9.17) is 10.2 Å². The van der Waals surface area contributed by atoms with Crippen molar-refractivity contribution >= 4 is 11.9 Å². The minimum Gasteiger partial charge on any atom is -0.431 e. The average molecular weight is 453 g/mol. The lowest BCUT2D eigenvalue weighted by atomic mass is 9.68. The van der Waals surface area contributed by atoms with Gasteiger partial charge in [-0.25, -0.2) is 8.78 Å². The van der Waals surface area contributed by atoms with Crippen LogP contribution < -0.4 is 5.73 Å². The fourth-order valence-electron chi connectivity index (χ4n) is 5.84. The number of rotatable bonds is 5. The number of anilines is 1. The number of oxazole rings is 1. The van der Waals surface area contributed by atoms with E-state index in [0.29, 0.717) is 13.1 Å². The molecule has 2 aromatic heterocycles. The van der Waals surface area contributed by atoms with Crippen LogP contribution in [0.5, 0.6) is 0 Å². The first kappa shape index (κ1) is 21.5. The Labute approximate surface area is 190 Å². The molecule has 0 saturated heterocycles. The molecule has 3 aromatic rings. The first-order valence-electron chi connectivity index (χ1n) is 11.0. The van der Waals surface area contributed by atoms with Crippen LogP contribution in [0.15, 0.2) is 34.9 Å². The van der Waals surface area contributed by atoms with Crippen LogP contribution in [-0.2, 0) is 5.41 Å². The van der Waals surface area contributed by atoms with Crippen molar-refractivity contribution in [1.82, 2.24) is 20.1 Å². The normalized spacial score (nSPS) is 22.4. The first-order valence-corrected chi connectivity index (χ1v) is 11.0. The van der Waals surface area contributed by atoms with Gasteiger partial charge in [-0.3, -0.25) is 4.79 Å². The van der Waals surface area contributed by atoms with Crippen molar-refractivity contribution < 1.29 is 18.0 Å². The van der Waals surface area contributed by atoms with Gasteiger partial charge in [-0.15, -0.1) is 0 Å². The van der Waals surface area contributed by atoms with Crippen LogP contribution >= 0.6 is 0 Å². The van der Waals surface area contributed by atoms with E-state index < -0.39 is 17.0 Å². The summed E-state index contributed by atoms with van der Waals surface area (Å²) in [6.07, 6.45) is 3.00. The van der Waals surface area contributed by atoms with Crippen LogP contribution in [0.2, 0.25) is 0 Å². The van der Waals surface area contributed by atoms with Gasteiger partial charge in [0, 0.05) is 18.5 Å². The van der Waals surface area contributed by atoms with E-state index in [1.165, 1.54) is 24.5 Å². The van der Waals surface area contributed by atoms with Crippen molar-refractivity contribution in [2.75, 3.05) is 18.8 Å². The average Bonchev–Trinajstić information content (AvgIpc) is 3.37. The summed E-state index contributed by atoms with van der Waals surface area (Å²) >= 11 is 0. The number of nitrogen functional groups attached to an aromatic ring is 1. The van der Waals surface area contributed by atoms with E-state index in [0.717, 1.165) is 24.1 Å². The summed E-state index contributed by atoms with van der Waals surface area (Å²) in [5.41, 5.74) is 6.81. The molecular formula is C24H25F2N5O2. The second-order valence-electron chi connectivity index (χ2n) is 9.42. The molecule has 2 N–H and O–H groups in total. The van der Waals surface area contributed by atoms with Crippen LogP contribution in [0.3, 0.4) is 0 Å². The molecule has 2 heterocycles. The maximum absolute atomic E-state index is 14.4. The van der Waals surface area contributed by atoms with E-state index in [1.807, 2.05) is 6.92 Å². The van der Waals surface area contributed by atoms with Gasteiger partial charge in [0.25, 0.3) is 11.9 Å².